The van der Waals surface area contributed by atoms with Crippen LogP contribution < -0.4 is 10.6 Å². The fourth-order valence-electron chi connectivity index (χ4n) is 3.04. The van der Waals surface area contributed by atoms with Crippen LogP contribution in [0.4, 0.5) is 11.4 Å². The average Bonchev–Trinajstić information content (AvgIpc) is 3.10. The van der Waals surface area contributed by atoms with Crippen molar-refractivity contribution in [3.8, 4) is 0 Å². The second-order valence-electron chi connectivity index (χ2n) is 6.97. The first kappa shape index (κ1) is 20.9. The van der Waals surface area contributed by atoms with Crippen LogP contribution in [0.15, 0.2) is 47.6 Å². The van der Waals surface area contributed by atoms with Gasteiger partial charge in [-0.2, -0.15) is 0 Å². The van der Waals surface area contributed by atoms with Crippen molar-refractivity contribution in [3.63, 3.8) is 0 Å². The van der Waals surface area contributed by atoms with E-state index in [4.69, 9.17) is 0 Å². The van der Waals surface area contributed by atoms with E-state index in [0.29, 0.717) is 6.54 Å². The second-order valence-corrected chi connectivity index (χ2v) is 7.91. The Morgan fingerprint density at radius 2 is 1.72 bits per heavy atom. The Morgan fingerprint density at radius 3 is 2.38 bits per heavy atom. The predicted octanol–water partition coefficient (Wildman–Crippen LogP) is 4.57. The minimum Gasteiger partial charge on any atom is -0.378 e. The number of thioether (sulfide) groups is 1. The van der Waals surface area contributed by atoms with Crippen molar-refractivity contribution in [2.75, 3.05) is 16.4 Å². The maximum absolute atomic E-state index is 12.4. The number of anilines is 2. The van der Waals surface area contributed by atoms with Gasteiger partial charge in [-0.15, -0.1) is 10.2 Å². The number of rotatable bonds is 8. The van der Waals surface area contributed by atoms with Gasteiger partial charge in [-0.3, -0.25) is 4.79 Å². The summed E-state index contributed by atoms with van der Waals surface area (Å²) in [7, 11) is 0. The number of carbonyl (C=O) groups excluding carboxylic acids is 1. The molecule has 1 aromatic heterocycles. The average molecular weight is 410 g/mol. The summed E-state index contributed by atoms with van der Waals surface area (Å²) >= 11 is 1.40. The molecule has 0 radical (unpaired) electrons. The molecule has 0 unspecified atom stereocenters. The first-order valence-electron chi connectivity index (χ1n) is 9.69. The van der Waals surface area contributed by atoms with Crippen LogP contribution in [0, 0.1) is 20.8 Å². The maximum Gasteiger partial charge on any atom is 0.234 e. The third kappa shape index (κ3) is 5.38. The molecule has 0 saturated carbocycles. The van der Waals surface area contributed by atoms with Gasteiger partial charge in [-0.05, 0) is 51.0 Å². The third-order valence-electron chi connectivity index (χ3n) is 4.69. The molecule has 0 bridgehead atoms. The van der Waals surface area contributed by atoms with Gasteiger partial charge in [0.15, 0.2) is 11.0 Å². The Hall–Kier alpha value is -2.80. The van der Waals surface area contributed by atoms with Crippen molar-refractivity contribution in [1.29, 1.82) is 0 Å². The molecule has 0 fully saturated rings. The lowest BCUT2D eigenvalue weighted by molar-refractivity contribution is -0.113. The Balaban J connectivity index is 1.59. The van der Waals surface area contributed by atoms with Gasteiger partial charge in [0.25, 0.3) is 0 Å². The van der Waals surface area contributed by atoms with Crippen LogP contribution in [0.25, 0.3) is 0 Å². The predicted molar refractivity (Wildman–Crippen MR) is 119 cm³/mol. The lowest BCUT2D eigenvalue weighted by Gasteiger charge is -2.12. The molecule has 2 aromatic carbocycles. The fraction of sp³-hybridized carbons (Fsp3) is 0.318. The number of aromatic nitrogens is 3. The molecule has 3 rings (SSSR count). The minimum atomic E-state index is -0.0441. The van der Waals surface area contributed by atoms with Crippen molar-refractivity contribution < 1.29 is 4.79 Å². The summed E-state index contributed by atoms with van der Waals surface area (Å²) in [5, 5.41) is 15.7. The van der Waals surface area contributed by atoms with E-state index in [1.807, 2.05) is 36.6 Å². The standard InChI is InChI=1S/C22H27N5OS/c1-5-27-19(13-23-18-11-9-15(2)10-12-18)25-26-22(27)29-14-20(28)24-21-16(3)7-6-8-17(21)4/h6-12,23H,5,13-14H2,1-4H3,(H,24,28). The number of benzene rings is 2. The van der Waals surface area contributed by atoms with Gasteiger partial charge in [0.2, 0.25) is 5.91 Å². The summed E-state index contributed by atoms with van der Waals surface area (Å²) in [5.74, 6) is 1.10. The molecule has 2 N–H and O–H groups in total. The zero-order valence-corrected chi connectivity index (χ0v) is 18.1. The minimum absolute atomic E-state index is 0.0441. The normalized spacial score (nSPS) is 10.8. The van der Waals surface area contributed by atoms with Crippen LogP contribution >= 0.6 is 11.8 Å². The van der Waals surface area contributed by atoms with Crippen LogP contribution in [-0.4, -0.2) is 26.4 Å². The molecule has 1 amide bonds. The molecule has 1 heterocycles. The molecule has 3 aromatic rings. The summed E-state index contributed by atoms with van der Waals surface area (Å²) < 4.78 is 2.04. The first-order valence-corrected chi connectivity index (χ1v) is 10.7. The van der Waals surface area contributed by atoms with Gasteiger partial charge in [0.1, 0.15) is 0 Å². The quantitative estimate of drug-likeness (QED) is 0.534. The summed E-state index contributed by atoms with van der Waals surface area (Å²) in [6.45, 7) is 9.45. The highest BCUT2D eigenvalue weighted by Crippen LogP contribution is 2.22. The molecule has 29 heavy (non-hydrogen) atoms. The molecule has 0 spiro atoms. The summed E-state index contributed by atoms with van der Waals surface area (Å²) in [4.78, 5) is 12.4. The first-order chi connectivity index (χ1) is 14.0. The van der Waals surface area contributed by atoms with Crippen molar-refractivity contribution >= 4 is 29.0 Å². The van der Waals surface area contributed by atoms with Crippen molar-refractivity contribution in [2.24, 2.45) is 0 Å². The van der Waals surface area contributed by atoms with Crippen molar-refractivity contribution in [2.45, 2.75) is 45.9 Å². The number of nitrogens with zero attached hydrogens (tertiary/aromatic N) is 3. The monoisotopic (exact) mass is 409 g/mol. The highest BCUT2D eigenvalue weighted by molar-refractivity contribution is 7.99. The van der Waals surface area contributed by atoms with Crippen molar-refractivity contribution in [1.82, 2.24) is 14.8 Å². The Morgan fingerprint density at radius 1 is 1.03 bits per heavy atom. The van der Waals surface area contributed by atoms with Gasteiger partial charge in [0, 0.05) is 17.9 Å². The second kappa shape index (κ2) is 9.60. The van der Waals surface area contributed by atoms with E-state index >= 15 is 0 Å². The summed E-state index contributed by atoms with van der Waals surface area (Å²) in [6, 6.07) is 14.2. The van der Waals surface area contributed by atoms with Crippen LogP contribution in [-0.2, 0) is 17.9 Å². The smallest absolute Gasteiger partial charge is 0.234 e. The van der Waals surface area contributed by atoms with E-state index in [1.54, 1.807) is 0 Å². The van der Waals surface area contributed by atoms with E-state index in [2.05, 4.69) is 58.9 Å². The molecule has 6 nitrogen and oxygen atoms in total. The molecule has 0 aliphatic carbocycles. The van der Waals surface area contributed by atoms with Crippen LogP contribution in [0.2, 0.25) is 0 Å². The zero-order chi connectivity index (χ0) is 20.8. The van der Waals surface area contributed by atoms with E-state index in [-0.39, 0.29) is 11.7 Å². The van der Waals surface area contributed by atoms with E-state index < -0.39 is 0 Å². The number of hydrogen-bond donors (Lipinski definition) is 2. The van der Waals surface area contributed by atoms with E-state index in [9.17, 15) is 4.79 Å². The lowest BCUT2D eigenvalue weighted by atomic mass is 10.1. The molecule has 0 saturated heterocycles. The van der Waals surface area contributed by atoms with Gasteiger partial charge in [0.05, 0.1) is 12.3 Å². The van der Waals surface area contributed by atoms with Gasteiger partial charge >= 0.3 is 0 Å². The van der Waals surface area contributed by atoms with Crippen LogP contribution in [0.3, 0.4) is 0 Å². The molecular weight excluding hydrogens is 382 g/mol. The molecule has 0 aliphatic heterocycles. The maximum atomic E-state index is 12.4. The van der Waals surface area contributed by atoms with E-state index in [0.717, 1.165) is 40.0 Å². The number of nitrogens with one attached hydrogen (secondary N) is 2. The lowest BCUT2D eigenvalue weighted by Crippen LogP contribution is -2.16. The topological polar surface area (TPSA) is 71.8 Å². The van der Waals surface area contributed by atoms with Crippen LogP contribution in [0.1, 0.15) is 29.4 Å². The van der Waals surface area contributed by atoms with Crippen molar-refractivity contribution in [3.05, 3.63) is 65.0 Å². The van der Waals surface area contributed by atoms with Crippen LogP contribution in [0.5, 0.6) is 0 Å². The Kier molecular flexibility index (Phi) is 6.93. The molecule has 152 valence electrons. The number of carbonyl (C=O) groups is 1. The number of hydrogen-bond acceptors (Lipinski definition) is 5. The Labute approximate surface area is 176 Å². The SMILES string of the molecule is CCn1c(CNc2ccc(C)cc2)nnc1SCC(=O)Nc1c(C)cccc1C. The summed E-state index contributed by atoms with van der Waals surface area (Å²) in [5.41, 5.74) is 5.28. The number of amides is 1. The molecule has 0 aliphatic rings. The van der Waals surface area contributed by atoms with Gasteiger partial charge in [-0.1, -0.05) is 47.7 Å². The summed E-state index contributed by atoms with van der Waals surface area (Å²) in [6.07, 6.45) is 0. The Bertz CT molecular complexity index is 961. The van der Waals surface area contributed by atoms with Gasteiger partial charge in [-0.25, -0.2) is 0 Å². The van der Waals surface area contributed by atoms with E-state index in [1.165, 1.54) is 17.3 Å². The fourth-order valence-corrected chi connectivity index (χ4v) is 3.87. The molecular formula is C22H27N5OS. The number of para-hydroxylation sites is 1. The number of aryl methyl sites for hydroxylation is 3. The zero-order valence-electron chi connectivity index (χ0n) is 17.3. The third-order valence-corrected chi connectivity index (χ3v) is 5.66. The largest absolute Gasteiger partial charge is 0.378 e. The highest BCUT2D eigenvalue weighted by atomic mass is 32.2. The molecule has 0 atom stereocenters. The highest BCUT2D eigenvalue weighted by Gasteiger charge is 2.14. The molecule has 7 heteroatoms. The van der Waals surface area contributed by atoms with Gasteiger partial charge < -0.3 is 15.2 Å².